The number of aliphatic hydroxyl groups is 1. The van der Waals surface area contributed by atoms with E-state index in [1.165, 1.54) is 64.2 Å². The van der Waals surface area contributed by atoms with Crippen LogP contribution in [0.4, 0.5) is 0 Å². The molecule has 0 aromatic rings. The maximum absolute atomic E-state index is 13.2. The van der Waals surface area contributed by atoms with Gasteiger partial charge >= 0.3 is 0 Å². The Labute approximate surface area is 290 Å². The van der Waals surface area contributed by atoms with Crippen molar-refractivity contribution in [1.29, 1.82) is 0 Å². The van der Waals surface area contributed by atoms with E-state index in [1.807, 2.05) is 0 Å². The van der Waals surface area contributed by atoms with Crippen LogP contribution < -0.4 is 21.7 Å². The van der Waals surface area contributed by atoms with Crippen LogP contribution in [0.2, 0.25) is 0 Å². The number of amides is 1. The molecule has 4 aliphatic carbocycles. The van der Waals surface area contributed by atoms with E-state index in [4.69, 9.17) is 5.73 Å². The molecule has 4 rings (SSSR count). The van der Waals surface area contributed by atoms with Crippen molar-refractivity contribution in [3.63, 3.8) is 0 Å². The van der Waals surface area contributed by atoms with E-state index in [0.29, 0.717) is 64.7 Å². The fourth-order valence-corrected chi connectivity index (χ4v) is 11.7. The minimum absolute atomic E-state index is 0.150. The normalized spacial score (nSPS) is 35.9. The van der Waals surface area contributed by atoms with Gasteiger partial charge in [-0.15, -0.1) is 0 Å². The van der Waals surface area contributed by atoms with Crippen molar-refractivity contribution in [3.8, 4) is 0 Å². The van der Waals surface area contributed by atoms with Crippen LogP contribution >= 0.6 is 0 Å². The average Bonchev–Trinajstić information content (AvgIpc) is 3.37. The molecule has 0 aromatic heterocycles. The quantitative estimate of drug-likeness (QED) is 0.104. The van der Waals surface area contributed by atoms with E-state index in [1.54, 1.807) is 0 Å². The molecular formula is C40H77N5O2. The van der Waals surface area contributed by atoms with Crippen LogP contribution in [0.1, 0.15) is 138 Å². The van der Waals surface area contributed by atoms with Gasteiger partial charge in [0.1, 0.15) is 0 Å². The zero-order valence-corrected chi connectivity index (χ0v) is 31.8. The minimum Gasteiger partial charge on any atom is -0.393 e. The lowest BCUT2D eigenvalue weighted by Gasteiger charge is -2.62. The molecule has 6 N–H and O–H groups in total. The van der Waals surface area contributed by atoms with Crippen molar-refractivity contribution in [2.24, 2.45) is 52.1 Å². The molecule has 0 aromatic carbocycles. The first-order chi connectivity index (χ1) is 22.4. The Morgan fingerprint density at radius 2 is 1.43 bits per heavy atom. The lowest BCUT2D eigenvalue weighted by molar-refractivity contribution is -0.167. The van der Waals surface area contributed by atoms with Gasteiger partial charge in [-0.2, -0.15) is 0 Å². The summed E-state index contributed by atoms with van der Waals surface area (Å²) >= 11 is 0. The van der Waals surface area contributed by atoms with Gasteiger partial charge in [-0.05, 0) is 197 Å². The Hall–Kier alpha value is -0.730. The third-order valence-electron chi connectivity index (χ3n) is 14.1. The number of carbonyl (C=O) groups is 1. The summed E-state index contributed by atoms with van der Waals surface area (Å²) in [5.74, 6) is 3.95. The maximum Gasteiger partial charge on any atom is 0.223 e. The van der Waals surface area contributed by atoms with Gasteiger partial charge in [0.05, 0.1) is 6.10 Å². The lowest BCUT2D eigenvalue weighted by Crippen LogP contribution is -2.59. The minimum atomic E-state index is -0.150. The Bertz CT molecular complexity index is 938. The first-order valence-electron chi connectivity index (χ1n) is 20.3. The van der Waals surface area contributed by atoms with Crippen molar-refractivity contribution in [1.82, 2.24) is 20.9 Å². The highest BCUT2D eigenvalue weighted by Gasteiger charge is 2.62. The maximum atomic E-state index is 13.2. The first kappa shape index (κ1) is 39.1. The molecule has 4 saturated carbocycles. The summed E-state index contributed by atoms with van der Waals surface area (Å²) in [6.45, 7) is 22.4. The van der Waals surface area contributed by atoms with Crippen LogP contribution in [-0.2, 0) is 4.79 Å². The van der Waals surface area contributed by atoms with Gasteiger partial charge in [0.25, 0.3) is 0 Å². The molecule has 0 aliphatic heterocycles. The summed E-state index contributed by atoms with van der Waals surface area (Å²) in [4.78, 5) is 15.2. The number of nitrogens with one attached hydrogen (secondary N) is 3. The SMILES string of the molecule is CC(C)N(C(=O)CC[C@@H](C)C1CCC2C3C(CC[C@@]21C)[C@@]1(C)CC[C@H](NCCCNCCCCNCCCN)CC1C[C@H]3O)C(C)C. The van der Waals surface area contributed by atoms with Gasteiger partial charge in [0, 0.05) is 24.5 Å². The highest BCUT2D eigenvalue weighted by atomic mass is 16.3. The van der Waals surface area contributed by atoms with E-state index >= 15 is 0 Å². The Morgan fingerprint density at radius 3 is 2.09 bits per heavy atom. The lowest BCUT2D eigenvalue weighted by atomic mass is 9.43. The van der Waals surface area contributed by atoms with Gasteiger partial charge in [-0.3, -0.25) is 4.79 Å². The monoisotopic (exact) mass is 660 g/mol. The number of hydrogen-bond acceptors (Lipinski definition) is 6. The number of nitrogens with two attached hydrogens (primary N) is 1. The second-order valence-electron chi connectivity index (χ2n) is 17.7. The molecule has 7 nitrogen and oxygen atoms in total. The summed E-state index contributed by atoms with van der Waals surface area (Å²) in [6.07, 6.45) is 16.2. The summed E-state index contributed by atoms with van der Waals surface area (Å²) in [7, 11) is 0. The third-order valence-corrected chi connectivity index (χ3v) is 14.1. The molecule has 7 heteroatoms. The number of hydrogen-bond donors (Lipinski definition) is 5. The molecule has 5 unspecified atom stereocenters. The fraction of sp³-hybridized carbons (Fsp3) is 0.975. The van der Waals surface area contributed by atoms with Crippen LogP contribution in [0.25, 0.3) is 0 Å². The third kappa shape index (κ3) is 9.34. The molecule has 0 heterocycles. The van der Waals surface area contributed by atoms with Crippen molar-refractivity contribution >= 4 is 5.91 Å². The average molecular weight is 660 g/mol. The molecule has 47 heavy (non-hydrogen) atoms. The van der Waals surface area contributed by atoms with E-state index < -0.39 is 0 Å². The molecule has 0 saturated heterocycles. The van der Waals surface area contributed by atoms with Gasteiger partial charge in [0.15, 0.2) is 0 Å². The van der Waals surface area contributed by atoms with Crippen LogP contribution in [0.3, 0.4) is 0 Å². The van der Waals surface area contributed by atoms with Crippen molar-refractivity contribution < 1.29 is 9.90 Å². The van der Waals surface area contributed by atoms with Crippen LogP contribution in [0.5, 0.6) is 0 Å². The fourth-order valence-electron chi connectivity index (χ4n) is 11.7. The topological polar surface area (TPSA) is 103 Å². The largest absolute Gasteiger partial charge is 0.393 e. The second-order valence-corrected chi connectivity index (χ2v) is 17.7. The van der Waals surface area contributed by atoms with E-state index in [0.717, 1.165) is 58.5 Å². The van der Waals surface area contributed by atoms with Gasteiger partial charge < -0.3 is 31.7 Å². The predicted octanol–water partition coefficient (Wildman–Crippen LogP) is 6.33. The van der Waals surface area contributed by atoms with E-state index in [2.05, 4.69) is 69.3 Å². The number of carbonyl (C=O) groups excluding carboxylic acids is 1. The summed E-state index contributed by atoms with van der Waals surface area (Å²) in [6, 6.07) is 1.12. The number of unbranched alkanes of at least 4 members (excludes halogenated alkanes) is 1. The zero-order chi connectivity index (χ0) is 34.2. The standard InChI is InChI=1S/C40H77N5O2/c1-28(2)45(29(3)4)37(47)15-12-30(5)33-13-14-34-38-35(17-19-40(33,34)7)39(6)18-16-32(26-31(39)27-36(38)46)44-25-11-24-43-22-9-8-21-42-23-10-20-41/h28-36,38,42-44,46H,8-27,41H2,1-7H3/t30-,31?,32+,33?,34?,35?,36-,38?,39+,40-/m1/s1. The van der Waals surface area contributed by atoms with E-state index in [-0.39, 0.29) is 18.2 Å². The van der Waals surface area contributed by atoms with Gasteiger partial charge in [-0.1, -0.05) is 20.8 Å². The number of nitrogens with zero attached hydrogens (tertiary/aromatic N) is 1. The Balaban J connectivity index is 1.22. The first-order valence-corrected chi connectivity index (χ1v) is 20.3. The molecule has 0 spiro atoms. The number of fused-ring (bicyclic) bond motifs is 5. The molecular weight excluding hydrogens is 582 g/mol. The zero-order valence-electron chi connectivity index (χ0n) is 31.8. The number of aliphatic hydroxyl groups excluding tert-OH is 1. The number of rotatable bonds is 19. The van der Waals surface area contributed by atoms with Gasteiger partial charge in [-0.25, -0.2) is 0 Å². The van der Waals surface area contributed by atoms with Crippen LogP contribution in [-0.4, -0.2) is 79.4 Å². The van der Waals surface area contributed by atoms with Crippen molar-refractivity contribution in [2.45, 2.75) is 163 Å². The summed E-state index contributed by atoms with van der Waals surface area (Å²) in [5, 5.41) is 22.9. The molecule has 274 valence electrons. The van der Waals surface area contributed by atoms with Crippen molar-refractivity contribution in [2.75, 3.05) is 39.3 Å². The molecule has 4 fully saturated rings. The summed E-state index contributed by atoms with van der Waals surface area (Å²) in [5.41, 5.74) is 6.22. The molecule has 1 amide bonds. The highest BCUT2D eigenvalue weighted by Crippen LogP contribution is 2.68. The van der Waals surface area contributed by atoms with Gasteiger partial charge in [0.2, 0.25) is 5.91 Å². The predicted molar refractivity (Wildman–Crippen MR) is 197 cm³/mol. The summed E-state index contributed by atoms with van der Waals surface area (Å²) < 4.78 is 0. The smallest absolute Gasteiger partial charge is 0.223 e. The van der Waals surface area contributed by atoms with Crippen LogP contribution in [0.15, 0.2) is 0 Å². The molecule has 10 atom stereocenters. The Morgan fingerprint density at radius 1 is 0.809 bits per heavy atom. The van der Waals surface area contributed by atoms with Crippen molar-refractivity contribution in [3.05, 3.63) is 0 Å². The molecule has 4 aliphatic rings. The molecule has 0 radical (unpaired) electrons. The van der Waals surface area contributed by atoms with Crippen LogP contribution in [0, 0.1) is 46.3 Å². The highest BCUT2D eigenvalue weighted by molar-refractivity contribution is 5.76. The molecule has 0 bridgehead atoms. The Kier molecular flexibility index (Phi) is 14.9. The van der Waals surface area contributed by atoms with E-state index in [9.17, 15) is 9.90 Å². The second kappa shape index (κ2) is 18.0.